The van der Waals surface area contributed by atoms with Gasteiger partial charge in [0.15, 0.2) is 11.5 Å². The number of benzene rings is 2. The monoisotopic (exact) mass is 417 g/mol. The summed E-state index contributed by atoms with van der Waals surface area (Å²) >= 11 is 6.15. The molecule has 2 aromatic carbocycles. The number of halogens is 1. The number of aryl methyl sites for hydroxylation is 1. The van der Waals surface area contributed by atoms with Gasteiger partial charge in [0.2, 0.25) is 0 Å². The molecule has 156 valence electrons. The zero-order chi connectivity index (χ0) is 20.8. The van der Waals surface area contributed by atoms with E-state index in [2.05, 4.69) is 22.5 Å². The van der Waals surface area contributed by atoms with Crippen LogP contribution in [-0.2, 0) is 6.54 Å². The Morgan fingerprint density at radius 1 is 1.14 bits per heavy atom. The molecule has 1 fully saturated rings. The minimum Gasteiger partial charge on any atom is -0.493 e. The summed E-state index contributed by atoms with van der Waals surface area (Å²) in [5.74, 6) is 1.73. The van der Waals surface area contributed by atoms with E-state index in [9.17, 15) is 4.79 Å². The standard InChI is InChI=1S/C22H28ClN3O3/c1-15-4-6-18(23)11-19(15)26-9-8-17(14-26)13-25-22(27)24-12-16-5-7-20(28-2)21(10-16)29-3/h4-7,10-11,17H,8-9,12-14H2,1-3H3,(H2,24,25,27). The highest BCUT2D eigenvalue weighted by atomic mass is 35.5. The number of amides is 2. The van der Waals surface area contributed by atoms with Gasteiger partial charge in [0.25, 0.3) is 0 Å². The lowest BCUT2D eigenvalue weighted by atomic mass is 10.1. The number of nitrogens with zero attached hydrogens (tertiary/aromatic N) is 1. The van der Waals surface area contributed by atoms with Crippen molar-refractivity contribution in [2.24, 2.45) is 5.92 Å². The van der Waals surface area contributed by atoms with Crippen LogP contribution in [0.4, 0.5) is 10.5 Å². The van der Waals surface area contributed by atoms with Crippen LogP contribution in [0.15, 0.2) is 36.4 Å². The van der Waals surface area contributed by atoms with Crippen molar-refractivity contribution in [2.45, 2.75) is 19.9 Å². The Morgan fingerprint density at radius 2 is 1.93 bits per heavy atom. The smallest absolute Gasteiger partial charge is 0.315 e. The van der Waals surface area contributed by atoms with Crippen LogP contribution in [0, 0.1) is 12.8 Å². The SMILES string of the molecule is COc1ccc(CNC(=O)NCC2CCN(c3cc(Cl)ccc3C)C2)cc1OC. The Labute approximate surface area is 177 Å². The highest BCUT2D eigenvalue weighted by molar-refractivity contribution is 6.30. The lowest BCUT2D eigenvalue weighted by molar-refractivity contribution is 0.239. The van der Waals surface area contributed by atoms with E-state index in [-0.39, 0.29) is 6.03 Å². The molecule has 1 aliphatic heterocycles. The molecule has 0 aliphatic carbocycles. The Hall–Kier alpha value is -2.60. The van der Waals surface area contributed by atoms with E-state index in [4.69, 9.17) is 21.1 Å². The maximum absolute atomic E-state index is 12.2. The van der Waals surface area contributed by atoms with Gasteiger partial charge in [-0.3, -0.25) is 0 Å². The Morgan fingerprint density at radius 3 is 2.69 bits per heavy atom. The van der Waals surface area contributed by atoms with Gasteiger partial charge in [0.1, 0.15) is 0 Å². The van der Waals surface area contributed by atoms with Crippen LogP contribution < -0.4 is 25.0 Å². The first kappa shape index (κ1) is 21.1. The second-order valence-electron chi connectivity index (χ2n) is 7.28. The molecular formula is C22H28ClN3O3. The second kappa shape index (κ2) is 9.74. The van der Waals surface area contributed by atoms with Gasteiger partial charge in [-0.05, 0) is 54.7 Å². The maximum Gasteiger partial charge on any atom is 0.315 e. The van der Waals surface area contributed by atoms with E-state index < -0.39 is 0 Å². The van der Waals surface area contributed by atoms with Gasteiger partial charge < -0.3 is 25.0 Å². The fourth-order valence-corrected chi connectivity index (χ4v) is 3.78. The molecule has 1 heterocycles. The molecule has 1 unspecified atom stereocenters. The first-order valence-corrected chi connectivity index (χ1v) is 10.1. The van der Waals surface area contributed by atoms with Crippen molar-refractivity contribution in [1.29, 1.82) is 0 Å². The molecule has 1 saturated heterocycles. The molecule has 2 aromatic rings. The summed E-state index contributed by atoms with van der Waals surface area (Å²) in [5, 5.41) is 6.63. The summed E-state index contributed by atoms with van der Waals surface area (Å²) in [6, 6.07) is 11.4. The molecule has 29 heavy (non-hydrogen) atoms. The van der Waals surface area contributed by atoms with Crippen molar-refractivity contribution in [3.63, 3.8) is 0 Å². The number of nitrogens with one attached hydrogen (secondary N) is 2. The summed E-state index contributed by atoms with van der Waals surface area (Å²) in [6.07, 6.45) is 1.04. The molecule has 7 heteroatoms. The topological polar surface area (TPSA) is 62.8 Å². The number of carbonyl (C=O) groups is 1. The number of hydrogen-bond acceptors (Lipinski definition) is 4. The van der Waals surface area contributed by atoms with Crippen LogP contribution >= 0.6 is 11.6 Å². The third-order valence-corrected chi connectivity index (χ3v) is 5.49. The normalized spacial score (nSPS) is 15.9. The largest absolute Gasteiger partial charge is 0.493 e. The van der Waals surface area contributed by atoms with Crippen molar-refractivity contribution in [1.82, 2.24) is 10.6 Å². The minimum absolute atomic E-state index is 0.169. The number of rotatable bonds is 7. The molecule has 0 bridgehead atoms. The Kier molecular flexibility index (Phi) is 7.09. The Balaban J connectivity index is 1.45. The van der Waals surface area contributed by atoms with Crippen LogP contribution in [0.2, 0.25) is 5.02 Å². The van der Waals surface area contributed by atoms with Crippen molar-refractivity contribution in [2.75, 3.05) is 38.8 Å². The summed E-state index contributed by atoms with van der Waals surface area (Å²) in [5.41, 5.74) is 3.34. The quantitative estimate of drug-likeness (QED) is 0.715. The third-order valence-electron chi connectivity index (χ3n) is 5.25. The second-order valence-corrected chi connectivity index (χ2v) is 7.72. The Bertz CT molecular complexity index is 859. The predicted molar refractivity (Wildman–Crippen MR) is 116 cm³/mol. The van der Waals surface area contributed by atoms with E-state index in [1.165, 1.54) is 11.3 Å². The van der Waals surface area contributed by atoms with Crippen molar-refractivity contribution >= 4 is 23.3 Å². The number of carbonyl (C=O) groups excluding carboxylic acids is 1. The fourth-order valence-electron chi connectivity index (χ4n) is 3.61. The van der Waals surface area contributed by atoms with Gasteiger partial charge in [0.05, 0.1) is 14.2 Å². The van der Waals surface area contributed by atoms with Gasteiger partial charge in [-0.15, -0.1) is 0 Å². The number of urea groups is 1. The van der Waals surface area contributed by atoms with Crippen LogP contribution in [0.5, 0.6) is 11.5 Å². The van der Waals surface area contributed by atoms with Crippen molar-refractivity contribution < 1.29 is 14.3 Å². The number of methoxy groups -OCH3 is 2. The van der Waals surface area contributed by atoms with Gasteiger partial charge in [-0.2, -0.15) is 0 Å². The number of anilines is 1. The zero-order valence-corrected chi connectivity index (χ0v) is 17.9. The lowest BCUT2D eigenvalue weighted by Gasteiger charge is -2.21. The van der Waals surface area contributed by atoms with Crippen LogP contribution in [0.1, 0.15) is 17.5 Å². The summed E-state index contributed by atoms with van der Waals surface area (Å²) in [4.78, 5) is 14.5. The molecule has 3 rings (SSSR count). The van der Waals surface area contributed by atoms with Crippen LogP contribution in [0.3, 0.4) is 0 Å². The van der Waals surface area contributed by atoms with E-state index in [0.29, 0.717) is 30.5 Å². The number of hydrogen-bond donors (Lipinski definition) is 2. The zero-order valence-electron chi connectivity index (χ0n) is 17.1. The fraction of sp³-hybridized carbons (Fsp3) is 0.409. The van der Waals surface area contributed by atoms with Crippen LogP contribution in [0.25, 0.3) is 0 Å². The summed E-state index contributed by atoms with van der Waals surface area (Å²) < 4.78 is 10.5. The highest BCUT2D eigenvalue weighted by Crippen LogP contribution is 2.29. The lowest BCUT2D eigenvalue weighted by Crippen LogP contribution is -2.38. The van der Waals surface area contributed by atoms with Gasteiger partial charge >= 0.3 is 6.03 Å². The molecule has 0 radical (unpaired) electrons. The molecule has 1 aliphatic rings. The van der Waals surface area contributed by atoms with E-state index in [1.54, 1.807) is 14.2 Å². The van der Waals surface area contributed by atoms with E-state index in [0.717, 1.165) is 30.1 Å². The summed E-state index contributed by atoms with van der Waals surface area (Å²) in [7, 11) is 3.19. The molecule has 2 N–H and O–H groups in total. The average molecular weight is 418 g/mol. The third kappa shape index (κ3) is 5.48. The molecule has 0 saturated carbocycles. The molecule has 2 amide bonds. The molecular weight excluding hydrogens is 390 g/mol. The van der Waals surface area contributed by atoms with Crippen molar-refractivity contribution in [3.05, 3.63) is 52.5 Å². The molecule has 0 aromatic heterocycles. The van der Waals surface area contributed by atoms with Crippen LogP contribution in [-0.4, -0.2) is 39.9 Å². The first-order valence-electron chi connectivity index (χ1n) is 9.74. The highest BCUT2D eigenvalue weighted by Gasteiger charge is 2.24. The predicted octanol–water partition coefficient (Wildman–Crippen LogP) is 3.99. The maximum atomic E-state index is 12.2. The van der Waals surface area contributed by atoms with Gasteiger partial charge in [0, 0.05) is 36.9 Å². The molecule has 1 atom stereocenters. The molecule has 0 spiro atoms. The minimum atomic E-state index is -0.169. The average Bonchev–Trinajstić information content (AvgIpc) is 3.21. The van der Waals surface area contributed by atoms with E-state index >= 15 is 0 Å². The molecule has 6 nitrogen and oxygen atoms in total. The number of ether oxygens (including phenoxy) is 2. The first-order chi connectivity index (χ1) is 14.0. The van der Waals surface area contributed by atoms with Crippen molar-refractivity contribution in [3.8, 4) is 11.5 Å². The summed E-state index contributed by atoms with van der Waals surface area (Å²) in [6.45, 7) is 5.05. The van der Waals surface area contributed by atoms with Gasteiger partial charge in [-0.1, -0.05) is 23.7 Å². The van der Waals surface area contributed by atoms with E-state index in [1.807, 2.05) is 36.4 Å². The van der Waals surface area contributed by atoms with Gasteiger partial charge in [-0.25, -0.2) is 4.79 Å².